The van der Waals surface area contributed by atoms with Gasteiger partial charge < -0.3 is 15.1 Å². The molecule has 0 aliphatic carbocycles. The molecule has 2 aliphatic heterocycles. The molecule has 1 atom stereocenters. The van der Waals surface area contributed by atoms with Crippen molar-refractivity contribution in [2.45, 2.75) is 37.5 Å². The summed E-state index contributed by atoms with van der Waals surface area (Å²) in [5.41, 5.74) is -2.78. The van der Waals surface area contributed by atoms with E-state index in [-0.39, 0.29) is 24.6 Å². The summed E-state index contributed by atoms with van der Waals surface area (Å²) in [6.45, 7) is -1.48. The zero-order valence-electron chi connectivity index (χ0n) is 17.2. The number of aromatic nitrogens is 1. The highest BCUT2D eigenvalue weighted by molar-refractivity contribution is 6.35. The number of oxime groups is 1. The molecule has 1 aromatic heterocycles. The van der Waals surface area contributed by atoms with Crippen LogP contribution in [0.5, 0.6) is 0 Å². The number of amidine groups is 1. The number of hydrogen-bond acceptors (Lipinski definition) is 5. The Labute approximate surface area is 202 Å². The molecule has 1 amide bonds. The van der Waals surface area contributed by atoms with E-state index in [0.29, 0.717) is 11.1 Å². The molecule has 35 heavy (non-hydrogen) atoms. The fourth-order valence-electron chi connectivity index (χ4n) is 3.71. The van der Waals surface area contributed by atoms with Crippen molar-refractivity contribution in [3.8, 4) is 0 Å². The van der Waals surface area contributed by atoms with E-state index in [1.165, 1.54) is 17.2 Å². The predicted octanol–water partition coefficient (Wildman–Crippen LogP) is 5.33. The third-order valence-electron chi connectivity index (χ3n) is 5.47. The monoisotopic (exact) mass is 544 g/mol. The molecule has 15 heteroatoms. The van der Waals surface area contributed by atoms with Gasteiger partial charge in [0.05, 0.1) is 16.5 Å². The highest BCUT2D eigenvalue weighted by Crippen LogP contribution is 2.50. The average molecular weight is 545 g/mol. The number of fused-ring (bicyclic) bond motifs is 1. The van der Waals surface area contributed by atoms with Gasteiger partial charge in [0.15, 0.2) is 5.82 Å². The van der Waals surface area contributed by atoms with Crippen LogP contribution in [0.4, 0.5) is 30.7 Å². The van der Waals surface area contributed by atoms with Crippen LogP contribution in [0.3, 0.4) is 0 Å². The number of carbonyl (C=O) groups excluding carboxylic acids is 1. The molecular weight excluding hydrogens is 532 g/mol. The van der Waals surface area contributed by atoms with E-state index in [1.54, 1.807) is 5.32 Å². The van der Waals surface area contributed by atoms with Gasteiger partial charge in [0.1, 0.15) is 18.1 Å². The van der Waals surface area contributed by atoms with Crippen molar-refractivity contribution in [2.75, 3.05) is 6.54 Å². The van der Waals surface area contributed by atoms with Crippen LogP contribution >= 0.6 is 23.2 Å². The molecule has 1 N–H and O–H groups in total. The zero-order chi connectivity index (χ0) is 25.8. The number of alkyl halides is 6. The van der Waals surface area contributed by atoms with Gasteiger partial charge in [0.25, 0.3) is 11.5 Å². The second-order valence-corrected chi connectivity index (χ2v) is 8.66. The Balaban J connectivity index is 1.54. The van der Waals surface area contributed by atoms with E-state index in [9.17, 15) is 35.5 Å². The van der Waals surface area contributed by atoms with Gasteiger partial charge in [0, 0.05) is 24.8 Å². The lowest BCUT2D eigenvalue weighted by Crippen LogP contribution is -2.44. The smallest absolute Gasteiger partial charge is 0.372 e. The van der Waals surface area contributed by atoms with Crippen LogP contribution in [-0.2, 0) is 23.5 Å². The SMILES string of the molecule is O=C(NCC(F)(F)F)c1cc2c(cn1)CN(C1=NOC(c3cc(Cl)c(F)c(Cl)c3)(C(F)(F)F)C1)C2. The number of benzene rings is 1. The van der Waals surface area contributed by atoms with E-state index >= 15 is 0 Å². The highest BCUT2D eigenvalue weighted by atomic mass is 35.5. The van der Waals surface area contributed by atoms with E-state index < -0.39 is 58.3 Å². The molecule has 1 unspecified atom stereocenters. The van der Waals surface area contributed by atoms with Gasteiger partial charge in [-0.25, -0.2) is 4.39 Å². The van der Waals surface area contributed by atoms with Crippen LogP contribution in [-0.4, -0.2) is 40.5 Å². The van der Waals surface area contributed by atoms with Crippen LogP contribution in [0.15, 0.2) is 29.6 Å². The number of rotatable bonds is 3. The Morgan fingerprint density at radius 1 is 1.09 bits per heavy atom. The molecule has 3 heterocycles. The minimum atomic E-state index is -4.99. The summed E-state index contributed by atoms with van der Waals surface area (Å²) in [6.07, 6.45) is -9.12. The number of hydrogen-bond donors (Lipinski definition) is 1. The number of nitrogens with zero attached hydrogens (tertiary/aromatic N) is 3. The molecule has 0 spiro atoms. The minimum Gasteiger partial charge on any atom is -0.372 e. The van der Waals surface area contributed by atoms with Crippen LogP contribution in [0.25, 0.3) is 0 Å². The molecule has 4 rings (SSSR count). The lowest BCUT2D eigenvalue weighted by atomic mass is 9.89. The Bertz CT molecular complexity index is 1200. The molecule has 0 bridgehead atoms. The maximum absolute atomic E-state index is 14.2. The number of amides is 1. The second-order valence-electron chi connectivity index (χ2n) is 7.85. The fraction of sp³-hybridized carbons (Fsp3) is 0.350. The van der Waals surface area contributed by atoms with Crippen molar-refractivity contribution in [1.29, 1.82) is 0 Å². The van der Waals surface area contributed by atoms with Gasteiger partial charge >= 0.3 is 12.4 Å². The Morgan fingerprint density at radius 3 is 2.31 bits per heavy atom. The molecule has 1 aromatic carbocycles. The molecular formula is C20H13Cl2F7N4O2. The Morgan fingerprint density at radius 2 is 1.71 bits per heavy atom. The Kier molecular flexibility index (Phi) is 6.29. The van der Waals surface area contributed by atoms with Crippen LogP contribution in [0.1, 0.15) is 33.6 Å². The average Bonchev–Trinajstić information content (AvgIpc) is 3.39. The molecule has 2 aromatic rings. The van der Waals surface area contributed by atoms with Crippen LogP contribution in [0, 0.1) is 5.82 Å². The third kappa shape index (κ3) is 4.83. The molecule has 0 fully saturated rings. The van der Waals surface area contributed by atoms with Crippen molar-refractivity contribution < 1.29 is 40.4 Å². The van der Waals surface area contributed by atoms with Gasteiger partial charge in [-0.2, -0.15) is 26.3 Å². The maximum Gasteiger partial charge on any atom is 0.435 e. The van der Waals surface area contributed by atoms with Crippen molar-refractivity contribution in [3.05, 3.63) is 62.6 Å². The zero-order valence-corrected chi connectivity index (χ0v) is 18.7. The van der Waals surface area contributed by atoms with Gasteiger partial charge in [-0.1, -0.05) is 28.4 Å². The highest BCUT2D eigenvalue weighted by Gasteiger charge is 2.63. The van der Waals surface area contributed by atoms with E-state index in [1.807, 2.05) is 0 Å². The van der Waals surface area contributed by atoms with Crippen molar-refractivity contribution in [1.82, 2.24) is 15.2 Å². The summed E-state index contributed by atoms with van der Waals surface area (Å²) < 4.78 is 93.2. The van der Waals surface area contributed by atoms with E-state index in [0.717, 1.165) is 12.1 Å². The first-order chi connectivity index (χ1) is 16.2. The van der Waals surface area contributed by atoms with Crippen molar-refractivity contribution in [3.63, 3.8) is 0 Å². The molecule has 2 aliphatic rings. The lowest BCUT2D eigenvalue weighted by molar-refractivity contribution is -0.275. The molecule has 188 valence electrons. The topological polar surface area (TPSA) is 66.8 Å². The number of nitrogens with one attached hydrogen (secondary N) is 1. The summed E-state index contributed by atoms with van der Waals surface area (Å²) in [6, 6.07) is 2.79. The molecule has 0 saturated heterocycles. The first kappa shape index (κ1) is 25.3. The lowest BCUT2D eigenvalue weighted by Gasteiger charge is -2.30. The quantitative estimate of drug-likeness (QED) is 0.419. The van der Waals surface area contributed by atoms with Gasteiger partial charge in [-0.3, -0.25) is 9.78 Å². The van der Waals surface area contributed by atoms with Gasteiger partial charge in [0.2, 0.25) is 0 Å². The third-order valence-corrected chi connectivity index (χ3v) is 6.02. The molecule has 6 nitrogen and oxygen atoms in total. The fourth-order valence-corrected chi connectivity index (χ4v) is 4.19. The summed E-state index contributed by atoms with van der Waals surface area (Å²) in [4.78, 5) is 22.1. The summed E-state index contributed by atoms with van der Waals surface area (Å²) in [5, 5.41) is 4.07. The largest absolute Gasteiger partial charge is 0.435 e. The number of pyridine rings is 1. The van der Waals surface area contributed by atoms with Gasteiger partial charge in [-0.15, -0.1) is 0 Å². The van der Waals surface area contributed by atoms with Crippen molar-refractivity contribution >= 4 is 34.9 Å². The summed E-state index contributed by atoms with van der Waals surface area (Å²) >= 11 is 11.4. The van der Waals surface area contributed by atoms with E-state index in [4.69, 9.17) is 28.0 Å². The number of carbonyl (C=O) groups is 1. The second kappa shape index (κ2) is 8.70. The van der Waals surface area contributed by atoms with Crippen LogP contribution in [0.2, 0.25) is 10.0 Å². The van der Waals surface area contributed by atoms with Crippen LogP contribution < -0.4 is 5.32 Å². The molecule has 0 radical (unpaired) electrons. The van der Waals surface area contributed by atoms with Gasteiger partial charge in [-0.05, 0) is 29.3 Å². The standard InChI is InChI=1S/C20H13Cl2F7N4O2/c21-12-2-11(3-13(22)16(12)23)18(20(27,28)29)4-15(32-35-18)33-6-9-1-14(30-5-10(9)7-33)17(34)31-8-19(24,25)26/h1-3,5H,4,6-8H2,(H,31,34). The predicted molar refractivity (Wildman–Crippen MR) is 109 cm³/mol. The summed E-state index contributed by atoms with van der Waals surface area (Å²) in [7, 11) is 0. The number of halogens is 9. The summed E-state index contributed by atoms with van der Waals surface area (Å²) in [5.74, 6) is -2.23. The Hall–Kier alpha value is -2.80. The van der Waals surface area contributed by atoms with E-state index in [2.05, 4.69) is 10.1 Å². The normalized spacial score (nSPS) is 19.9. The first-order valence-corrected chi connectivity index (χ1v) is 10.5. The molecule has 0 saturated carbocycles. The maximum atomic E-state index is 14.2. The van der Waals surface area contributed by atoms with Crippen molar-refractivity contribution in [2.24, 2.45) is 5.16 Å². The minimum absolute atomic E-state index is 0.00152. The first-order valence-electron chi connectivity index (χ1n) is 9.75.